The molecule has 0 fully saturated rings. The molecule has 0 aliphatic heterocycles. The number of hydrogen-bond acceptors (Lipinski definition) is 3. The van der Waals surface area contributed by atoms with Crippen LogP contribution in [-0.2, 0) is 9.05 Å². The van der Waals surface area contributed by atoms with Crippen LogP contribution in [0, 0.1) is 6.92 Å². The van der Waals surface area contributed by atoms with Gasteiger partial charge < -0.3 is 0 Å². The molecule has 0 radical (unpaired) electrons. The molecule has 1 atom stereocenters. The first-order chi connectivity index (χ1) is 11.4. The van der Waals surface area contributed by atoms with Gasteiger partial charge in [0.05, 0.1) is 0 Å². The van der Waals surface area contributed by atoms with Gasteiger partial charge >= 0.3 is 152 Å². The van der Waals surface area contributed by atoms with Gasteiger partial charge in [0, 0.05) is 0 Å². The van der Waals surface area contributed by atoms with Crippen molar-refractivity contribution >= 4 is 55.2 Å². The Balaban J connectivity index is 2.09. The van der Waals surface area contributed by atoms with Crippen LogP contribution in [0.3, 0.4) is 0 Å². The summed E-state index contributed by atoms with van der Waals surface area (Å²) in [7, 11) is 1.70. The average Bonchev–Trinajstić information content (AvgIpc) is 2.54. The first-order valence-electron chi connectivity index (χ1n) is 7.21. The predicted molar refractivity (Wildman–Crippen MR) is 99.3 cm³/mol. The molecule has 24 heavy (non-hydrogen) atoms. The second kappa shape index (κ2) is 6.71. The quantitative estimate of drug-likeness (QED) is 0.482. The Bertz CT molecular complexity index is 1050. The fourth-order valence-corrected chi connectivity index (χ4v) is 6.16. The first kappa shape index (κ1) is 17.2. The van der Waals surface area contributed by atoms with Crippen molar-refractivity contribution in [3.63, 3.8) is 0 Å². The standard InChI is InChI=1S/C18H14AsClO3S/c1-12-6-2-3-7-13(12)18(21)19-16-10-11-17(24(20,22)23)15-9-5-4-8-14(15)16/h2-11,19H,1H3. The topological polar surface area (TPSA) is 51.2 Å². The van der Waals surface area contributed by atoms with Gasteiger partial charge in [-0.25, -0.2) is 0 Å². The van der Waals surface area contributed by atoms with Gasteiger partial charge in [0.1, 0.15) is 0 Å². The molecule has 122 valence electrons. The molecule has 3 aromatic carbocycles. The fourth-order valence-electron chi connectivity index (χ4n) is 2.61. The van der Waals surface area contributed by atoms with Crippen molar-refractivity contribution in [1.29, 1.82) is 0 Å². The summed E-state index contributed by atoms with van der Waals surface area (Å²) in [6, 6.07) is 17.9. The van der Waals surface area contributed by atoms with Gasteiger partial charge in [-0.2, -0.15) is 0 Å². The fraction of sp³-hybridized carbons (Fsp3) is 0.0556. The maximum absolute atomic E-state index is 12.7. The minimum atomic E-state index is -3.83. The molecule has 1 unspecified atom stereocenters. The van der Waals surface area contributed by atoms with E-state index in [4.69, 9.17) is 10.7 Å². The predicted octanol–water partition coefficient (Wildman–Crippen LogP) is 2.98. The van der Waals surface area contributed by atoms with Crippen LogP contribution in [0.15, 0.2) is 65.6 Å². The normalized spacial score (nSPS) is 12.1. The van der Waals surface area contributed by atoms with Crippen LogP contribution in [0.4, 0.5) is 0 Å². The van der Waals surface area contributed by atoms with E-state index in [-0.39, 0.29) is 9.47 Å². The molecule has 0 amide bonds. The molecule has 0 saturated carbocycles. The van der Waals surface area contributed by atoms with Gasteiger partial charge in [-0.3, -0.25) is 0 Å². The van der Waals surface area contributed by atoms with Gasteiger partial charge in [0.15, 0.2) is 0 Å². The number of rotatable bonds is 4. The van der Waals surface area contributed by atoms with Crippen LogP contribution < -0.4 is 4.35 Å². The summed E-state index contributed by atoms with van der Waals surface area (Å²) in [4.78, 5) is 12.8. The number of benzene rings is 3. The Morgan fingerprint density at radius 3 is 2.21 bits per heavy atom. The summed E-state index contributed by atoms with van der Waals surface area (Å²) < 4.78 is 24.5. The third kappa shape index (κ3) is 3.41. The zero-order valence-corrected chi connectivity index (χ0v) is 16.5. The number of aryl methyl sites for hydroxylation is 1. The summed E-state index contributed by atoms with van der Waals surface area (Å²) in [5, 5.41) is 1.34. The third-order valence-corrected chi connectivity index (χ3v) is 7.69. The van der Waals surface area contributed by atoms with Crippen molar-refractivity contribution in [3.8, 4) is 0 Å². The Morgan fingerprint density at radius 2 is 1.54 bits per heavy atom. The van der Waals surface area contributed by atoms with E-state index in [2.05, 4.69) is 0 Å². The van der Waals surface area contributed by atoms with E-state index in [1.54, 1.807) is 18.2 Å². The molecule has 0 aliphatic carbocycles. The summed E-state index contributed by atoms with van der Waals surface area (Å²) >= 11 is -1.12. The van der Waals surface area contributed by atoms with Crippen molar-refractivity contribution in [3.05, 3.63) is 71.8 Å². The second-order valence-electron chi connectivity index (χ2n) is 5.36. The molecule has 0 aliphatic rings. The number of fused-ring (bicyclic) bond motifs is 1. The number of carbonyl (C=O) groups excluding carboxylic acids is 1. The Morgan fingerprint density at radius 1 is 0.917 bits per heavy atom. The van der Waals surface area contributed by atoms with E-state index in [0.717, 1.165) is 20.9 Å². The molecule has 3 nitrogen and oxygen atoms in total. The number of hydrogen-bond donors (Lipinski definition) is 0. The molecule has 3 rings (SSSR count). The molecule has 3 aromatic rings. The van der Waals surface area contributed by atoms with Crippen LogP contribution >= 0.6 is 10.7 Å². The SMILES string of the molecule is Cc1ccccc1C(=O)[AsH]c1ccc(S(=O)(=O)Cl)c2ccccc12. The van der Waals surface area contributed by atoms with Gasteiger partial charge in [-0.05, 0) is 0 Å². The van der Waals surface area contributed by atoms with E-state index in [0.29, 0.717) is 5.39 Å². The first-order valence-corrected chi connectivity index (χ1v) is 11.6. The molecule has 6 heteroatoms. The number of halogens is 1. The van der Waals surface area contributed by atoms with Crippen LogP contribution in [0.2, 0.25) is 0 Å². The van der Waals surface area contributed by atoms with Crippen molar-refractivity contribution in [2.24, 2.45) is 0 Å². The summed E-state index contributed by atoms with van der Waals surface area (Å²) in [6.45, 7) is 1.92. The van der Waals surface area contributed by atoms with E-state index >= 15 is 0 Å². The van der Waals surface area contributed by atoms with E-state index < -0.39 is 24.8 Å². The second-order valence-corrected chi connectivity index (χ2v) is 10.5. The monoisotopic (exact) mass is 420 g/mol. The van der Waals surface area contributed by atoms with Gasteiger partial charge in [-0.1, -0.05) is 0 Å². The third-order valence-electron chi connectivity index (χ3n) is 3.78. The molecule has 0 aromatic heterocycles. The van der Waals surface area contributed by atoms with Crippen LogP contribution in [-0.4, -0.2) is 28.7 Å². The van der Waals surface area contributed by atoms with Crippen LogP contribution in [0.1, 0.15) is 15.9 Å². The number of carbonyl (C=O) groups is 1. The Labute approximate surface area is 151 Å². The zero-order chi connectivity index (χ0) is 17.3. The molecule has 0 saturated heterocycles. The Hall–Kier alpha value is -1.61. The molecular formula is C18H14AsClO3S. The van der Waals surface area contributed by atoms with Gasteiger partial charge in [0.25, 0.3) is 0 Å². The van der Waals surface area contributed by atoms with E-state index in [9.17, 15) is 13.2 Å². The maximum atomic E-state index is 12.7. The molecule has 0 bridgehead atoms. The zero-order valence-electron chi connectivity index (χ0n) is 12.8. The molecular weight excluding hydrogens is 407 g/mol. The van der Waals surface area contributed by atoms with Crippen LogP contribution in [0.25, 0.3) is 10.8 Å². The van der Waals surface area contributed by atoms with E-state index in [1.807, 2.05) is 43.3 Å². The van der Waals surface area contributed by atoms with Crippen molar-refractivity contribution in [1.82, 2.24) is 0 Å². The molecule has 0 N–H and O–H groups in total. The molecule has 0 spiro atoms. The van der Waals surface area contributed by atoms with E-state index in [1.165, 1.54) is 6.07 Å². The van der Waals surface area contributed by atoms with Gasteiger partial charge in [-0.15, -0.1) is 0 Å². The van der Waals surface area contributed by atoms with Gasteiger partial charge in [0.2, 0.25) is 0 Å². The average molecular weight is 421 g/mol. The van der Waals surface area contributed by atoms with Crippen molar-refractivity contribution in [2.45, 2.75) is 11.8 Å². The van der Waals surface area contributed by atoms with Crippen molar-refractivity contribution < 1.29 is 13.2 Å². The summed E-state index contributed by atoms with van der Waals surface area (Å²) in [6.07, 6.45) is 0. The molecule has 0 heterocycles. The van der Waals surface area contributed by atoms with Crippen LogP contribution in [0.5, 0.6) is 0 Å². The van der Waals surface area contributed by atoms with Crippen molar-refractivity contribution in [2.75, 3.05) is 0 Å². The summed E-state index contributed by atoms with van der Waals surface area (Å²) in [5.41, 5.74) is 1.69. The Kier molecular flexibility index (Phi) is 4.82. The summed E-state index contributed by atoms with van der Waals surface area (Å²) in [5.74, 6) is 0. The minimum absolute atomic E-state index is 0.0819.